The molecule has 0 unspecified atom stereocenters. The number of amides is 2. The van der Waals surface area contributed by atoms with E-state index in [0.29, 0.717) is 36.0 Å². The first-order chi connectivity index (χ1) is 12.1. The van der Waals surface area contributed by atoms with Gasteiger partial charge in [-0.1, -0.05) is 0 Å². The molecule has 134 valence electrons. The van der Waals surface area contributed by atoms with Gasteiger partial charge in [-0.2, -0.15) is 11.3 Å². The Hall–Kier alpha value is -2.54. The zero-order chi connectivity index (χ0) is 18.1. The molecule has 2 rings (SSSR count). The van der Waals surface area contributed by atoms with E-state index in [2.05, 4.69) is 10.6 Å². The summed E-state index contributed by atoms with van der Waals surface area (Å²) in [6.45, 7) is 5.10. The summed E-state index contributed by atoms with van der Waals surface area (Å²) >= 11 is 1.46. The van der Waals surface area contributed by atoms with E-state index in [1.165, 1.54) is 11.3 Å². The number of rotatable bonds is 9. The molecule has 25 heavy (non-hydrogen) atoms. The molecule has 1 heterocycles. The topological polar surface area (TPSA) is 76.7 Å². The quantitative estimate of drug-likeness (QED) is 0.717. The molecule has 1 aromatic carbocycles. The fraction of sp³-hybridized carbons (Fsp3) is 0.333. The molecule has 1 aromatic heterocycles. The highest BCUT2D eigenvalue weighted by molar-refractivity contribution is 7.08. The fourth-order valence-electron chi connectivity index (χ4n) is 2.14. The average molecular weight is 362 g/mol. The Labute approximate surface area is 151 Å². The van der Waals surface area contributed by atoms with Crippen LogP contribution in [0, 0.1) is 0 Å². The molecule has 0 bridgehead atoms. The molecule has 2 amide bonds. The highest BCUT2D eigenvalue weighted by atomic mass is 32.1. The monoisotopic (exact) mass is 362 g/mol. The summed E-state index contributed by atoms with van der Waals surface area (Å²) in [6.07, 6.45) is 0.188. The lowest BCUT2D eigenvalue weighted by Crippen LogP contribution is -2.27. The maximum atomic E-state index is 12.0. The Bertz CT molecular complexity index is 701. The predicted molar refractivity (Wildman–Crippen MR) is 98.7 cm³/mol. The Morgan fingerprint density at radius 3 is 2.52 bits per heavy atom. The minimum Gasteiger partial charge on any atom is -0.490 e. The van der Waals surface area contributed by atoms with Crippen LogP contribution in [0.15, 0.2) is 35.0 Å². The number of benzene rings is 1. The number of ether oxygens (including phenoxy) is 2. The van der Waals surface area contributed by atoms with E-state index >= 15 is 0 Å². The van der Waals surface area contributed by atoms with Crippen molar-refractivity contribution in [3.8, 4) is 11.5 Å². The molecule has 6 nitrogen and oxygen atoms in total. The number of anilines is 1. The van der Waals surface area contributed by atoms with Crippen molar-refractivity contribution in [2.45, 2.75) is 20.3 Å². The van der Waals surface area contributed by atoms with Gasteiger partial charge in [0.1, 0.15) is 0 Å². The first-order valence-corrected chi connectivity index (χ1v) is 9.08. The maximum Gasteiger partial charge on any atom is 0.252 e. The minimum atomic E-state index is -0.183. The van der Waals surface area contributed by atoms with Crippen molar-refractivity contribution >= 4 is 28.8 Å². The van der Waals surface area contributed by atoms with Crippen molar-refractivity contribution in [3.63, 3.8) is 0 Å². The molecule has 7 heteroatoms. The molecular weight excluding hydrogens is 340 g/mol. The van der Waals surface area contributed by atoms with E-state index in [-0.39, 0.29) is 24.8 Å². The van der Waals surface area contributed by atoms with Crippen LogP contribution in [-0.2, 0) is 4.79 Å². The first kappa shape index (κ1) is 18.8. The Balaban J connectivity index is 1.85. The van der Waals surface area contributed by atoms with Crippen LogP contribution in [0.1, 0.15) is 30.6 Å². The Morgan fingerprint density at radius 1 is 1.08 bits per heavy atom. The van der Waals surface area contributed by atoms with Crippen molar-refractivity contribution in [3.05, 3.63) is 40.6 Å². The molecule has 0 aliphatic carbocycles. The molecule has 0 fully saturated rings. The lowest BCUT2D eigenvalue weighted by Gasteiger charge is -2.13. The fourth-order valence-corrected chi connectivity index (χ4v) is 2.77. The predicted octanol–water partition coefficient (Wildman–Crippen LogP) is 3.30. The summed E-state index contributed by atoms with van der Waals surface area (Å²) in [4.78, 5) is 23.8. The number of hydrogen-bond donors (Lipinski definition) is 2. The van der Waals surface area contributed by atoms with Crippen LogP contribution in [0.25, 0.3) is 0 Å². The van der Waals surface area contributed by atoms with Gasteiger partial charge in [0.2, 0.25) is 5.91 Å². The van der Waals surface area contributed by atoms with E-state index in [0.717, 1.165) is 0 Å². The van der Waals surface area contributed by atoms with Gasteiger partial charge in [-0.15, -0.1) is 0 Å². The van der Waals surface area contributed by atoms with Gasteiger partial charge in [0.15, 0.2) is 11.5 Å². The van der Waals surface area contributed by atoms with Gasteiger partial charge >= 0.3 is 0 Å². The highest BCUT2D eigenvalue weighted by Gasteiger charge is 2.10. The third kappa shape index (κ3) is 5.79. The summed E-state index contributed by atoms with van der Waals surface area (Å²) in [5.41, 5.74) is 1.24. The Kier molecular flexibility index (Phi) is 7.28. The van der Waals surface area contributed by atoms with Gasteiger partial charge in [-0.3, -0.25) is 9.59 Å². The zero-order valence-corrected chi connectivity index (χ0v) is 15.2. The van der Waals surface area contributed by atoms with Gasteiger partial charge in [-0.25, -0.2) is 0 Å². The maximum absolute atomic E-state index is 12.0. The molecule has 0 spiro atoms. The molecule has 0 atom stereocenters. The van der Waals surface area contributed by atoms with E-state index in [9.17, 15) is 9.59 Å². The van der Waals surface area contributed by atoms with Crippen molar-refractivity contribution in [1.29, 1.82) is 0 Å². The SMILES string of the molecule is CCOc1ccc(NC(=O)CCNC(=O)c2ccsc2)cc1OCC. The summed E-state index contributed by atoms with van der Waals surface area (Å²) < 4.78 is 11.0. The second-order valence-corrected chi connectivity index (χ2v) is 5.87. The lowest BCUT2D eigenvalue weighted by atomic mass is 10.2. The van der Waals surface area contributed by atoms with Crippen LogP contribution in [0.4, 0.5) is 5.69 Å². The molecule has 2 aromatic rings. The van der Waals surface area contributed by atoms with Crippen LogP contribution in [0.2, 0.25) is 0 Å². The smallest absolute Gasteiger partial charge is 0.252 e. The van der Waals surface area contributed by atoms with Gasteiger partial charge in [0.05, 0.1) is 13.2 Å². The van der Waals surface area contributed by atoms with Crippen molar-refractivity contribution in [2.24, 2.45) is 0 Å². The van der Waals surface area contributed by atoms with Crippen LogP contribution in [-0.4, -0.2) is 31.6 Å². The minimum absolute atomic E-state index is 0.172. The zero-order valence-electron chi connectivity index (χ0n) is 14.3. The molecule has 0 saturated heterocycles. The van der Waals surface area contributed by atoms with E-state index in [1.54, 1.807) is 29.6 Å². The van der Waals surface area contributed by atoms with Crippen LogP contribution < -0.4 is 20.1 Å². The highest BCUT2D eigenvalue weighted by Crippen LogP contribution is 2.30. The van der Waals surface area contributed by atoms with E-state index < -0.39 is 0 Å². The van der Waals surface area contributed by atoms with E-state index in [4.69, 9.17) is 9.47 Å². The lowest BCUT2D eigenvalue weighted by molar-refractivity contribution is -0.116. The number of carbonyl (C=O) groups excluding carboxylic acids is 2. The van der Waals surface area contributed by atoms with Crippen molar-refractivity contribution < 1.29 is 19.1 Å². The Morgan fingerprint density at radius 2 is 1.84 bits per heavy atom. The van der Waals surface area contributed by atoms with Crippen molar-refractivity contribution in [2.75, 3.05) is 25.1 Å². The second-order valence-electron chi connectivity index (χ2n) is 5.09. The number of nitrogens with one attached hydrogen (secondary N) is 2. The molecular formula is C18H22N2O4S. The molecule has 2 N–H and O–H groups in total. The molecule has 0 radical (unpaired) electrons. The normalized spacial score (nSPS) is 10.2. The first-order valence-electron chi connectivity index (χ1n) is 8.14. The third-order valence-electron chi connectivity index (χ3n) is 3.25. The standard InChI is InChI=1S/C18H22N2O4S/c1-3-23-15-6-5-14(11-16(15)24-4-2)20-17(21)7-9-19-18(22)13-8-10-25-12-13/h5-6,8,10-12H,3-4,7,9H2,1-2H3,(H,19,22)(H,20,21). The summed E-state index contributed by atoms with van der Waals surface area (Å²) in [5, 5.41) is 9.12. The largest absolute Gasteiger partial charge is 0.490 e. The van der Waals surface area contributed by atoms with E-state index in [1.807, 2.05) is 19.2 Å². The number of thiophene rings is 1. The van der Waals surface area contributed by atoms with Gasteiger partial charge in [-0.05, 0) is 37.4 Å². The number of carbonyl (C=O) groups is 2. The summed E-state index contributed by atoms with van der Waals surface area (Å²) in [6, 6.07) is 7.00. The van der Waals surface area contributed by atoms with Crippen LogP contribution in [0.3, 0.4) is 0 Å². The molecule has 0 saturated carbocycles. The third-order valence-corrected chi connectivity index (χ3v) is 3.93. The second kappa shape index (κ2) is 9.68. The molecule has 0 aliphatic heterocycles. The van der Waals surface area contributed by atoms with Gasteiger partial charge in [0.25, 0.3) is 5.91 Å². The summed E-state index contributed by atoms with van der Waals surface area (Å²) in [7, 11) is 0. The van der Waals surface area contributed by atoms with Crippen LogP contribution in [0.5, 0.6) is 11.5 Å². The van der Waals surface area contributed by atoms with Crippen LogP contribution >= 0.6 is 11.3 Å². The van der Waals surface area contributed by atoms with Crippen molar-refractivity contribution in [1.82, 2.24) is 5.32 Å². The number of hydrogen-bond acceptors (Lipinski definition) is 5. The molecule has 0 aliphatic rings. The van der Waals surface area contributed by atoms with Gasteiger partial charge < -0.3 is 20.1 Å². The average Bonchev–Trinajstić information content (AvgIpc) is 3.12. The summed E-state index contributed by atoms with van der Waals surface area (Å²) in [5.74, 6) is 0.879. The van der Waals surface area contributed by atoms with Gasteiger partial charge in [0, 0.05) is 35.7 Å².